The second-order valence-electron chi connectivity index (χ2n) is 8.03. The highest BCUT2D eigenvalue weighted by Crippen LogP contribution is 2.38. The average molecular weight is 449 g/mol. The van der Waals surface area contributed by atoms with Crippen LogP contribution < -0.4 is 0 Å². The van der Waals surface area contributed by atoms with Crippen molar-refractivity contribution in [3.63, 3.8) is 0 Å². The highest BCUT2D eigenvalue weighted by atomic mass is 32.1. The van der Waals surface area contributed by atoms with E-state index < -0.39 is 6.10 Å². The fourth-order valence-corrected chi connectivity index (χ4v) is 4.97. The van der Waals surface area contributed by atoms with Gasteiger partial charge in [-0.15, -0.1) is 11.3 Å². The molecule has 0 saturated carbocycles. The van der Waals surface area contributed by atoms with Crippen LogP contribution in [-0.4, -0.2) is 15.1 Å². The second-order valence-corrected chi connectivity index (χ2v) is 9.12. The summed E-state index contributed by atoms with van der Waals surface area (Å²) < 4.78 is 0. The summed E-state index contributed by atoms with van der Waals surface area (Å²) in [5, 5.41) is 9.87. The van der Waals surface area contributed by atoms with E-state index in [1.165, 1.54) is 21.6 Å². The number of aliphatic hydroxyl groups is 1. The van der Waals surface area contributed by atoms with E-state index in [2.05, 4.69) is 65.6 Å². The van der Waals surface area contributed by atoms with Gasteiger partial charge in [0.15, 0.2) is 0 Å². The van der Waals surface area contributed by atoms with Gasteiger partial charge in [-0.1, -0.05) is 78.9 Å². The van der Waals surface area contributed by atoms with Crippen LogP contribution in [0.25, 0.3) is 32.1 Å². The third-order valence-electron chi connectivity index (χ3n) is 5.64. The van der Waals surface area contributed by atoms with Crippen molar-refractivity contribution in [1.29, 1.82) is 0 Å². The predicted octanol–water partition coefficient (Wildman–Crippen LogP) is 7.18. The molecule has 0 aliphatic heterocycles. The van der Waals surface area contributed by atoms with Gasteiger partial charge < -0.3 is 5.11 Å². The number of aliphatic hydroxyl groups excluding tert-OH is 1. The molecular formula is C29H24N2OS. The minimum atomic E-state index is -0.486. The van der Waals surface area contributed by atoms with Crippen LogP contribution >= 0.6 is 11.3 Å². The van der Waals surface area contributed by atoms with Gasteiger partial charge in [0, 0.05) is 17.5 Å². The Morgan fingerprint density at radius 2 is 1.55 bits per heavy atom. The smallest absolute Gasteiger partial charge is 0.133 e. The molecule has 0 spiro atoms. The maximum Gasteiger partial charge on any atom is 0.133 e. The standard InChI is InChI=1S/C29H24N2OS/c1-20(32)23-11-7-8-21(18-23)19-29-30-17-16-26(31-29)28-15-14-27(33-28)25-13-6-5-12-24(25)22-9-3-2-4-10-22/h2-18,20,32H,19H2,1H3. The molecule has 5 rings (SSSR count). The first-order valence-corrected chi connectivity index (χ1v) is 11.8. The summed E-state index contributed by atoms with van der Waals surface area (Å²) in [5.74, 6) is 0.773. The maximum absolute atomic E-state index is 9.87. The molecule has 0 radical (unpaired) electrons. The summed E-state index contributed by atoms with van der Waals surface area (Å²) in [6, 6.07) is 33.3. The molecule has 0 bridgehead atoms. The highest BCUT2D eigenvalue weighted by Gasteiger charge is 2.12. The van der Waals surface area contributed by atoms with E-state index in [0.29, 0.717) is 6.42 Å². The summed E-state index contributed by atoms with van der Waals surface area (Å²) in [4.78, 5) is 11.7. The molecule has 1 N–H and O–H groups in total. The van der Waals surface area contributed by atoms with Gasteiger partial charge in [-0.05, 0) is 52.9 Å². The van der Waals surface area contributed by atoms with Crippen LogP contribution in [0.4, 0.5) is 0 Å². The first-order chi connectivity index (χ1) is 16.2. The van der Waals surface area contributed by atoms with E-state index in [9.17, 15) is 5.11 Å². The van der Waals surface area contributed by atoms with Crippen molar-refractivity contribution in [2.75, 3.05) is 0 Å². The molecule has 2 aromatic heterocycles. The number of hydrogen-bond donors (Lipinski definition) is 1. The Balaban J connectivity index is 1.43. The van der Waals surface area contributed by atoms with Crippen LogP contribution in [0.15, 0.2) is 103 Å². The number of hydrogen-bond acceptors (Lipinski definition) is 4. The lowest BCUT2D eigenvalue weighted by atomic mass is 9.99. The van der Waals surface area contributed by atoms with Gasteiger partial charge in [-0.3, -0.25) is 0 Å². The number of benzene rings is 3. The van der Waals surface area contributed by atoms with Crippen molar-refractivity contribution in [3.05, 3.63) is 120 Å². The molecule has 3 aromatic carbocycles. The van der Waals surface area contributed by atoms with Gasteiger partial charge in [-0.2, -0.15) is 0 Å². The van der Waals surface area contributed by atoms with E-state index in [1.807, 2.05) is 42.6 Å². The van der Waals surface area contributed by atoms with Gasteiger partial charge >= 0.3 is 0 Å². The van der Waals surface area contributed by atoms with Crippen molar-refractivity contribution >= 4 is 11.3 Å². The molecule has 1 unspecified atom stereocenters. The zero-order valence-electron chi connectivity index (χ0n) is 18.3. The summed E-state index contributed by atoms with van der Waals surface area (Å²) >= 11 is 1.75. The van der Waals surface area contributed by atoms with Crippen LogP contribution in [0.2, 0.25) is 0 Å². The maximum atomic E-state index is 9.87. The predicted molar refractivity (Wildman–Crippen MR) is 136 cm³/mol. The largest absolute Gasteiger partial charge is 0.389 e. The molecule has 4 heteroatoms. The Kier molecular flexibility index (Phi) is 6.11. The molecule has 1 atom stereocenters. The average Bonchev–Trinajstić information content (AvgIpc) is 3.35. The van der Waals surface area contributed by atoms with Crippen LogP contribution in [0.1, 0.15) is 30.0 Å². The summed E-state index contributed by atoms with van der Waals surface area (Å²) in [6.45, 7) is 1.78. The van der Waals surface area contributed by atoms with E-state index in [0.717, 1.165) is 27.5 Å². The first-order valence-electron chi connectivity index (χ1n) is 11.0. The highest BCUT2D eigenvalue weighted by molar-refractivity contribution is 7.18. The van der Waals surface area contributed by atoms with E-state index >= 15 is 0 Å². The molecular weight excluding hydrogens is 424 g/mol. The molecule has 0 saturated heterocycles. The van der Waals surface area contributed by atoms with Crippen LogP contribution in [0.3, 0.4) is 0 Å². The molecule has 0 fully saturated rings. The normalized spacial score (nSPS) is 11.9. The molecule has 162 valence electrons. The van der Waals surface area contributed by atoms with Crippen molar-refractivity contribution in [2.24, 2.45) is 0 Å². The lowest BCUT2D eigenvalue weighted by Gasteiger charge is -2.08. The van der Waals surface area contributed by atoms with Gasteiger partial charge in [0.05, 0.1) is 16.7 Å². The quantitative estimate of drug-likeness (QED) is 0.299. The molecule has 33 heavy (non-hydrogen) atoms. The third-order valence-corrected chi connectivity index (χ3v) is 6.78. The number of aromatic nitrogens is 2. The Labute approximate surface area is 198 Å². The van der Waals surface area contributed by atoms with Crippen molar-refractivity contribution in [1.82, 2.24) is 9.97 Å². The minimum Gasteiger partial charge on any atom is -0.389 e. The lowest BCUT2D eigenvalue weighted by Crippen LogP contribution is -1.99. The SMILES string of the molecule is CC(O)c1cccc(Cc2nccc(-c3ccc(-c4ccccc4-c4ccccc4)s3)n2)c1. The Hall–Kier alpha value is -3.60. The molecule has 0 aliphatic carbocycles. The zero-order chi connectivity index (χ0) is 22.6. The second kappa shape index (κ2) is 9.49. The Morgan fingerprint density at radius 3 is 2.36 bits per heavy atom. The molecule has 0 aliphatic rings. The monoisotopic (exact) mass is 448 g/mol. The summed E-state index contributed by atoms with van der Waals surface area (Å²) in [7, 11) is 0. The Bertz CT molecular complexity index is 1380. The first kappa shape index (κ1) is 21.3. The van der Waals surface area contributed by atoms with E-state index in [-0.39, 0.29) is 0 Å². The van der Waals surface area contributed by atoms with Crippen LogP contribution in [0, 0.1) is 0 Å². The van der Waals surface area contributed by atoms with Gasteiger partial charge in [0.25, 0.3) is 0 Å². The summed E-state index contributed by atoms with van der Waals surface area (Å²) in [5.41, 5.74) is 6.60. The van der Waals surface area contributed by atoms with Crippen molar-refractivity contribution in [2.45, 2.75) is 19.4 Å². The van der Waals surface area contributed by atoms with E-state index in [1.54, 1.807) is 18.3 Å². The fraction of sp³-hybridized carbons (Fsp3) is 0.103. The van der Waals surface area contributed by atoms with Crippen molar-refractivity contribution < 1.29 is 5.11 Å². The number of nitrogens with zero attached hydrogens (tertiary/aromatic N) is 2. The van der Waals surface area contributed by atoms with Gasteiger partial charge in [0.1, 0.15) is 5.82 Å². The number of rotatable bonds is 6. The molecule has 2 heterocycles. The van der Waals surface area contributed by atoms with Gasteiger partial charge in [0.2, 0.25) is 0 Å². The van der Waals surface area contributed by atoms with Crippen molar-refractivity contribution in [3.8, 4) is 32.1 Å². The van der Waals surface area contributed by atoms with E-state index in [4.69, 9.17) is 4.98 Å². The third kappa shape index (κ3) is 4.77. The Morgan fingerprint density at radius 1 is 0.788 bits per heavy atom. The molecule has 5 aromatic rings. The van der Waals surface area contributed by atoms with Gasteiger partial charge in [-0.25, -0.2) is 9.97 Å². The molecule has 0 amide bonds. The van der Waals surface area contributed by atoms with Crippen LogP contribution in [0.5, 0.6) is 0 Å². The minimum absolute atomic E-state index is 0.486. The van der Waals surface area contributed by atoms with Crippen LogP contribution in [-0.2, 0) is 6.42 Å². The number of thiophene rings is 1. The molecule has 3 nitrogen and oxygen atoms in total. The summed E-state index contributed by atoms with van der Waals surface area (Å²) in [6.07, 6.45) is 1.97. The fourth-order valence-electron chi connectivity index (χ4n) is 3.95. The zero-order valence-corrected chi connectivity index (χ0v) is 19.2. The topological polar surface area (TPSA) is 46.0 Å². The lowest BCUT2D eigenvalue weighted by molar-refractivity contribution is 0.199.